The Balaban J connectivity index is 1.60. The molecule has 0 radical (unpaired) electrons. The van der Waals surface area contributed by atoms with E-state index in [1.54, 1.807) is 6.92 Å². The van der Waals surface area contributed by atoms with Crippen molar-refractivity contribution in [1.82, 2.24) is 15.1 Å². The number of aromatic nitrogens is 2. The van der Waals surface area contributed by atoms with E-state index >= 15 is 0 Å². The molecule has 3 rings (SSSR count). The number of hydrogen-bond donors (Lipinski definition) is 1. The maximum absolute atomic E-state index is 12.8. The standard InChI is InChI=1S/C16H22ClF2N3O/c1-8(12-6-10-3-4-11(12)5-10)20-13(23)7-22-9(2)14(17)15(21-22)16(18)19/h8,10-12,16H,3-7H2,1-2H3,(H,20,23)/t8-,10+,11+,12+/m1/s1. The highest BCUT2D eigenvalue weighted by atomic mass is 35.5. The number of rotatable bonds is 5. The van der Waals surface area contributed by atoms with Crippen LogP contribution in [0.2, 0.25) is 5.02 Å². The van der Waals surface area contributed by atoms with Crippen LogP contribution in [0.5, 0.6) is 0 Å². The average Bonchev–Trinajstić information content (AvgIpc) is 3.17. The summed E-state index contributed by atoms with van der Waals surface area (Å²) in [6.45, 7) is 3.55. The van der Waals surface area contributed by atoms with E-state index < -0.39 is 12.1 Å². The summed E-state index contributed by atoms with van der Waals surface area (Å²) in [6, 6.07) is 0.110. The molecule has 1 heterocycles. The van der Waals surface area contributed by atoms with Crippen LogP contribution >= 0.6 is 11.6 Å². The number of alkyl halides is 2. The number of amides is 1. The fraction of sp³-hybridized carbons (Fsp3) is 0.750. The Morgan fingerprint density at radius 3 is 2.70 bits per heavy atom. The van der Waals surface area contributed by atoms with Crippen LogP contribution in [-0.2, 0) is 11.3 Å². The molecule has 0 aromatic carbocycles. The number of carbonyl (C=O) groups is 1. The van der Waals surface area contributed by atoms with E-state index in [-0.39, 0.29) is 23.5 Å². The molecule has 4 atom stereocenters. The summed E-state index contributed by atoms with van der Waals surface area (Å²) in [5.41, 5.74) is -0.0668. The molecule has 2 aliphatic carbocycles. The van der Waals surface area contributed by atoms with Crippen LogP contribution in [0.25, 0.3) is 0 Å². The molecule has 1 aromatic rings. The molecule has 0 spiro atoms. The van der Waals surface area contributed by atoms with Crippen molar-refractivity contribution in [3.8, 4) is 0 Å². The minimum atomic E-state index is -2.74. The fourth-order valence-electron chi connectivity index (χ4n) is 4.29. The summed E-state index contributed by atoms with van der Waals surface area (Å²) >= 11 is 5.85. The molecule has 0 aliphatic heterocycles. The first-order valence-electron chi connectivity index (χ1n) is 8.17. The quantitative estimate of drug-likeness (QED) is 0.884. The number of nitrogens with one attached hydrogen (secondary N) is 1. The van der Waals surface area contributed by atoms with E-state index in [0.717, 1.165) is 11.8 Å². The highest BCUT2D eigenvalue weighted by Crippen LogP contribution is 2.49. The Bertz CT molecular complexity index is 604. The van der Waals surface area contributed by atoms with Crippen molar-refractivity contribution in [1.29, 1.82) is 0 Å². The molecular formula is C16H22ClF2N3O. The summed E-state index contributed by atoms with van der Waals surface area (Å²) in [5.74, 6) is 1.88. The number of halogens is 3. The third kappa shape index (κ3) is 3.23. The molecule has 1 N–H and O–H groups in total. The van der Waals surface area contributed by atoms with E-state index in [4.69, 9.17) is 11.6 Å². The highest BCUT2D eigenvalue weighted by molar-refractivity contribution is 6.31. The average molecular weight is 346 g/mol. The van der Waals surface area contributed by atoms with Crippen molar-refractivity contribution < 1.29 is 13.6 Å². The Morgan fingerprint density at radius 1 is 1.43 bits per heavy atom. The Hall–Kier alpha value is -1.17. The van der Waals surface area contributed by atoms with Crippen LogP contribution in [0, 0.1) is 24.7 Å². The molecule has 4 nitrogen and oxygen atoms in total. The van der Waals surface area contributed by atoms with Gasteiger partial charge in [0.25, 0.3) is 6.43 Å². The minimum absolute atomic E-state index is 0.0612. The number of fused-ring (bicyclic) bond motifs is 2. The van der Waals surface area contributed by atoms with E-state index in [9.17, 15) is 13.6 Å². The van der Waals surface area contributed by atoms with Gasteiger partial charge in [-0.25, -0.2) is 8.78 Å². The Labute approximate surface area is 139 Å². The molecule has 1 amide bonds. The largest absolute Gasteiger partial charge is 0.352 e. The smallest absolute Gasteiger partial charge is 0.283 e. The van der Waals surface area contributed by atoms with Crippen LogP contribution in [-0.4, -0.2) is 21.7 Å². The maximum atomic E-state index is 12.8. The summed E-state index contributed by atoms with van der Waals surface area (Å²) < 4.78 is 26.9. The lowest BCUT2D eigenvalue weighted by Crippen LogP contribution is -2.41. The molecular weight excluding hydrogens is 324 g/mol. The van der Waals surface area contributed by atoms with Gasteiger partial charge in [-0.15, -0.1) is 0 Å². The van der Waals surface area contributed by atoms with Crippen LogP contribution in [0.3, 0.4) is 0 Å². The number of hydrogen-bond acceptors (Lipinski definition) is 2. The first kappa shape index (κ1) is 16.7. The number of nitrogens with zero attached hydrogens (tertiary/aromatic N) is 2. The van der Waals surface area contributed by atoms with E-state index in [0.29, 0.717) is 11.6 Å². The van der Waals surface area contributed by atoms with Gasteiger partial charge in [0.2, 0.25) is 5.91 Å². The molecule has 0 saturated heterocycles. The lowest BCUT2D eigenvalue weighted by molar-refractivity contribution is -0.123. The van der Waals surface area contributed by atoms with Crippen molar-refractivity contribution in [3.63, 3.8) is 0 Å². The van der Waals surface area contributed by atoms with Crippen molar-refractivity contribution in [2.24, 2.45) is 17.8 Å². The summed E-state index contributed by atoms with van der Waals surface area (Å²) in [6.07, 6.45) is 2.33. The van der Waals surface area contributed by atoms with Gasteiger partial charge in [0, 0.05) is 6.04 Å². The van der Waals surface area contributed by atoms with Gasteiger partial charge >= 0.3 is 0 Å². The fourth-order valence-corrected chi connectivity index (χ4v) is 4.51. The highest BCUT2D eigenvalue weighted by Gasteiger charge is 2.42. The van der Waals surface area contributed by atoms with Crippen molar-refractivity contribution in [3.05, 3.63) is 16.4 Å². The second-order valence-corrected chi connectivity index (χ2v) is 7.32. The zero-order valence-electron chi connectivity index (χ0n) is 13.4. The second kappa shape index (κ2) is 6.38. The van der Waals surface area contributed by atoms with E-state index in [2.05, 4.69) is 10.4 Å². The predicted octanol–water partition coefficient (Wildman–Crippen LogP) is 3.72. The van der Waals surface area contributed by atoms with Crippen LogP contribution in [0.4, 0.5) is 8.78 Å². The SMILES string of the molecule is Cc1c(Cl)c(C(F)F)nn1CC(=O)N[C@H](C)[C@@H]1C[C@H]2CC[C@H]1C2. The molecule has 2 saturated carbocycles. The van der Waals surface area contributed by atoms with Gasteiger partial charge in [0.15, 0.2) is 0 Å². The molecule has 2 bridgehead atoms. The molecule has 23 heavy (non-hydrogen) atoms. The second-order valence-electron chi connectivity index (χ2n) is 6.94. The summed E-state index contributed by atoms with van der Waals surface area (Å²) in [5, 5.41) is 6.71. The minimum Gasteiger partial charge on any atom is -0.352 e. The first-order valence-corrected chi connectivity index (χ1v) is 8.55. The molecule has 1 aromatic heterocycles. The summed E-state index contributed by atoms with van der Waals surface area (Å²) in [4.78, 5) is 12.2. The molecule has 128 valence electrons. The third-order valence-electron chi connectivity index (χ3n) is 5.48. The van der Waals surface area contributed by atoms with Crippen molar-refractivity contribution in [2.45, 2.75) is 58.5 Å². The molecule has 2 aliphatic rings. The first-order chi connectivity index (χ1) is 10.9. The van der Waals surface area contributed by atoms with Gasteiger partial charge in [0.05, 0.1) is 10.7 Å². The van der Waals surface area contributed by atoms with Crippen molar-refractivity contribution in [2.75, 3.05) is 0 Å². The zero-order chi connectivity index (χ0) is 16.7. The van der Waals surface area contributed by atoms with Gasteiger partial charge in [-0.2, -0.15) is 5.10 Å². The predicted molar refractivity (Wildman–Crippen MR) is 83.5 cm³/mol. The molecule has 2 fully saturated rings. The molecule has 7 heteroatoms. The van der Waals surface area contributed by atoms with E-state index in [1.165, 1.54) is 30.4 Å². The van der Waals surface area contributed by atoms with Gasteiger partial charge in [-0.3, -0.25) is 9.48 Å². The van der Waals surface area contributed by atoms with Gasteiger partial charge in [-0.05, 0) is 50.9 Å². The lowest BCUT2D eigenvalue weighted by Gasteiger charge is -2.28. The molecule has 0 unspecified atom stereocenters. The lowest BCUT2D eigenvalue weighted by atomic mass is 9.84. The van der Waals surface area contributed by atoms with Gasteiger partial charge in [0.1, 0.15) is 12.2 Å². The normalized spacial score (nSPS) is 27.7. The van der Waals surface area contributed by atoms with Crippen LogP contribution < -0.4 is 5.32 Å². The Morgan fingerprint density at radius 2 is 2.17 bits per heavy atom. The number of carbonyl (C=O) groups excluding carboxylic acids is 1. The Kier molecular flexibility index (Phi) is 4.63. The summed E-state index contributed by atoms with van der Waals surface area (Å²) in [7, 11) is 0. The van der Waals surface area contributed by atoms with Crippen LogP contribution in [0.15, 0.2) is 0 Å². The zero-order valence-corrected chi connectivity index (χ0v) is 14.1. The third-order valence-corrected chi connectivity index (χ3v) is 5.95. The maximum Gasteiger partial charge on any atom is 0.283 e. The monoisotopic (exact) mass is 345 g/mol. The topological polar surface area (TPSA) is 46.9 Å². The van der Waals surface area contributed by atoms with Crippen LogP contribution in [0.1, 0.15) is 50.4 Å². The van der Waals surface area contributed by atoms with Gasteiger partial charge in [-0.1, -0.05) is 18.0 Å². The van der Waals surface area contributed by atoms with E-state index in [1.807, 2.05) is 6.92 Å². The van der Waals surface area contributed by atoms with Gasteiger partial charge < -0.3 is 5.32 Å². The van der Waals surface area contributed by atoms with Crippen molar-refractivity contribution >= 4 is 17.5 Å².